The molecule has 0 radical (unpaired) electrons. The number of nitrogen functional groups attached to an aromatic ring is 1. The van der Waals surface area contributed by atoms with Crippen LogP contribution in [0.5, 0.6) is 0 Å². The van der Waals surface area contributed by atoms with Gasteiger partial charge in [-0.2, -0.15) is 0 Å². The Balaban J connectivity index is 1.96. The topological polar surface area (TPSA) is 46.3 Å². The third-order valence-corrected chi connectivity index (χ3v) is 4.57. The SMILES string of the molecule is Nc1ccc2c(c1)N(C(=O)c1csc(Br)c1)CC2. The van der Waals surface area contributed by atoms with Crippen molar-refractivity contribution >= 4 is 44.5 Å². The molecule has 0 saturated heterocycles. The van der Waals surface area contributed by atoms with Gasteiger partial charge in [0.2, 0.25) is 0 Å². The minimum atomic E-state index is 0.0429. The van der Waals surface area contributed by atoms with E-state index in [2.05, 4.69) is 15.9 Å². The third-order valence-electron chi connectivity index (χ3n) is 3.06. The molecule has 5 heteroatoms. The molecule has 2 N–H and O–H groups in total. The maximum Gasteiger partial charge on any atom is 0.259 e. The quantitative estimate of drug-likeness (QED) is 0.819. The number of carbonyl (C=O) groups excluding carboxylic acids is 1. The van der Waals surface area contributed by atoms with Crippen molar-refractivity contribution in [3.63, 3.8) is 0 Å². The summed E-state index contributed by atoms with van der Waals surface area (Å²) in [6, 6.07) is 7.62. The Hall–Kier alpha value is -1.33. The average molecular weight is 323 g/mol. The zero-order chi connectivity index (χ0) is 12.7. The second-order valence-corrected chi connectivity index (χ2v) is 6.52. The standard InChI is InChI=1S/C13H11BrN2OS/c14-12-5-9(7-18-12)13(17)16-4-3-8-1-2-10(15)6-11(8)16/h1-2,5-7H,3-4,15H2. The van der Waals surface area contributed by atoms with Crippen LogP contribution in [0.4, 0.5) is 11.4 Å². The lowest BCUT2D eigenvalue weighted by Crippen LogP contribution is -2.28. The lowest BCUT2D eigenvalue weighted by Gasteiger charge is -2.16. The van der Waals surface area contributed by atoms with Gasteiger partial charge in [-0.3, -0.25) is 4.79 Å². The molecule has 1 amide bonds. The number of amides is 1. The van der Waals surface area contributed by atoms with Crippen molar-refractivity contribution in [3.05, 3.63) is 44.6 Å². The molecule has 0 spiro atoms. The molecule has 18 heavy (non-hydrogen) atoms. The molecule has 0 saturated carbocycles. The summed E-state index contributed by atoms with van der Waals surface area (Å²) in [6.07, 6.45) is 0.895. The van der Waals surface area contributed by atoms with Gasteiger partial charge in [-0.1, -0.05) is 6.07 Å². The summed E-state index contributed by atoms with van der Waals surface area (Å²) in [5.41, 5.74) is 9.34. The van der Waals surface area contributed by atoms with Gasteiger partial charge in [-0.05, 0) is 46.1 Å². The maximum absolute atomic E-state index is 12.4. The summed E-state index contributed by atoms with van der Waals surface area (Å²) >= 11 is 4.90. The largest absolute Gasteiger partial charge is 0.399 e. The van der Waals surface area contributed by atoms with Crippen LogP contribution in [0.2, 0.25) is 0 Å². The summed E-state index contributed by atoms with van der Waals surface area (Å²) < 4.78 is 0.970. The number of fused-ring (bicyclic) bond motifs is 1. The molecule has 1 aliphatic heterocycles. The highest BCUT2D eigenvalue weighted by atomic mass is 79.9. The fraction of sp³-hybridized carbons (Fsp3) is 0.154. The fourth-order valence-electron chi connectivity index (χ4n) is 2.19. The third kappa shape index (κ3) is 1.93. The van der Waals surface area contributed by atoms with Crippen molar-refractivity contribution in [3.8, 4) is 0 Å². The van der Waals surface area contributed by atoms with Crippen LogP contribution >= 0.6 is 27.3 Å². The van der Waals surface area contributed by atoms with E-state index in [0.717, 1.165) is 28.0 Å². The van der Waals surface area contributed by atoms with Crippen molar-refractivity contribution in [2.75, 3.05) is 17.2 Å². The van der Waals surface area contributed by atoms with Gasteiger partial charge in [-0.15, -0.1) is 11.3 Å². The molecule has 0 unspecified atom stereocenters. The van der Waals surface area contributed by atoms with Crippen LogP contribution in [0.1, 0.15) is 15.9 Å². The first-order chi connectivity index (χ1) is 8.65. The summed E-state index contributed by atoms with van der Waals surface area (Å²) in [6.45, 7) is 0.727. The number of hydrogen-bond acceptors (Lipinski definition) is 3. The first kappa shape index (κ1) is 11.7. The van der Waals surface area contributed by atoms with Gasteiger partial charge < -0.3 is 10.6 Å². The van der Waals surface area contributed by atoms with Crippen LogP contribution < -0.4 is 10.6 Å². The van der Waals surface area contributed by atoms with Gasteiger partial charge in [-0.25, -0.2) is 0 Å². The van der Waals surface area contributed by atoms with Crippen molar-refractivity contribution < 1.29 is 4.79 Å². The predicted molar refractivity (Wildman–Crippen MR) is 78.3 cm³/mol. The molecule has 0 fully saturated rings. The smallest absolute Gasteiger partial charge is 0.259 e. The van der Waals surface area contributed by atoms with E-state index in [1.807, 2.05) is 29.6 Å². The van der Waals surface area contributed by atoms with E-state index in [1.165, 1.54) is 16.9 Å². The fourth-order valence-corrected chi connectivity index (χ4v) is 3.32. The Kier molecular flexibility index (Phi) is 2.87. The van der Waals surface area contributed by atoms with Crippen LogP contribution in [0, 0.1) is 0 Å². The summed E-state index contributed by atoms with van der Waals surface area (Å²) in [5, 5.41) is 1.87. The van der Waals surface area contributed by atoms with Gasteiger partial charge in [0.25, 0.3) is 5.91 Å². The van der Waals surface area contributed by atoms with Crippen LogP contribution in [0.3, 0.4) is 0 Å². The predicted octanol–water partition coefficient (Wildman–Crippen LogP) is 3.30. The number of hydrogen-bond donors (Lipinski definition) is 1. The van der Waals surface area contributed by atoms with Crippen molar-refractivity contribution in [2.24, 2.45) is 0 Å². The molecule has 2 heterocycles. The molecule has 1 aliphatic rings. The van der Waals surface area contributed by atoms with Crippen molar-refractivity contribution in [1.29, 1.82) is 0 Å². The van der Waals surface area contributed by atoms with E-state index >= 15 is 0 Å². The summed E-state index contributed by atoms with van der Waals surface area (Å²) in [4.78, 5) is 14.2. The number of rotatable bonds is 1. The van der Waals surface area contributed by atoms with Gasteiger partial charge in [0.1, 0.15) is 0 Å². The Morgan fingerprint density at radius 3 is 2.94 bits per heavy atom. The van der Waals surface area contributed by atoms with Crippen LogP contribution in [0.15, 0.2) is 33.4 Å². The first-order valence-electron chi connectivity index (χ1n) is 5.59. The summed E-state index contributed by atoms with van der Waals surface area (Å²) in [7, 11) is 0. The number of anilines is 2. The molecule has 2 aromatic rings. The van der Waals surface area contributed by atoms with E-state index in [9.17, 15) is 4.79 Å². The molecular weight excluding hydrogens is 312 g/mol. The lowest BCUT2D eigenvalue weighted by atomic mass is 10.1. The van der Waals surface area contributed by atoms with E-state index < -0.39 is 0 Å². The number of halogens is 1. The monoisotopic (exact) mass is 322 g/mol. The second-order valence-electron chi connectivity index (χ2n) is 4.23. The second kappa shape index (κ2) is 4.40. The number of nitrogens with two attached hydrogens (primary N) is 1. The highest BCUT2D eigenvalue weighted by Gasteiger charge is 2.26. The normalized spacial score (nSPS) is 13.7. The van der Waals surface area contributed by atoms with Gasteiger partial charge in [0.15, 0.2) is 0 Å². The van der Waals surface area contributed by atoms with E-state index in [4.69, 9.17) is 5.73 Å². The van der Waals surface area contributed by atoms with E-state index in [-0.39, 0.29) is 5.91 Å². The highest BCUT2D eigenvalue weighted by molar-refractivity contribution is 9.11. The minimum absolute atomic E-state index is 0.0429. The van der Waals surface area contributed by atoms with E-state index in [0.29, 0.717) is 5.69 Å². The van der Waals surface area contributed by atoms with Crippen molar-refractivity contribution in [1.82, 2.24) is 0 Å². The number of carbonyl (C=O) groups is 1. The Bertz CT molecular complexity index is 623. The van der Waals surface area contributed by atoms with Crippen LogP contribution in [0.25, 0.3) is 0 Å². The average Bonchev–Trinajstić information content (AvgIpc) is 2.94. The number of thiophene rings is 1. The molecule has 92 valence electrons. The Morgan fingerprint density at radius 2 is 2.22 bits per heavy atom. The van der Waals surface area contributed by atoms with E-state index in [1.54, 1.807) is 4.90 Å². The molecule has 3 nitrogen and oxygen atoms in total. The molecule has 0 atom stereocenters. The van der Waals surface area contributed by atoms with Gasteiger partial charge in [0.05, 0.1) is 9.35 Å². The molecule has 0 bridgehead atoms. The maximum atomic E-state index is 12.4. The zero-order valence-corrected chi connectivity index (χ0v) is 11.9. The highest BCUT2D eigenvalue weighted by Crippen LogP contribution is 2.32. The zero-order valence-electron chi connectivity index (χ0n) is 9.52. The Morgan fingerprint density at radius 1 is 1.39 bits per heavy atom. The molecule has 1 aromatic heterocycles. The molecular formula is C13H11BrN2OS. The molecule has 0 aliphatic carbocycles. The van der Waals surface area contributed by atoms with Crippen molar-refractivity contribution in [2.45, 2.75) is 6.42 Å². The minimum Gasteiger partial charge on any atom is -0.399 e. The Labute approximate surface area is 117 Å². The molecule has 3 rings (SSSR count). The summed E-state index contributed by atoms with van der Waals surface area (Å²) in [5.74, 6) is 0.0429. The van der Waals surface area contributed by atoms with Gasteiger partial charge in [0, 0.05) is 23.3 Å². The number of nitrogens with zero attached hydrogens (tertiary/aromatic N) is 1. The first-order valence-corrected chi connectivity index (χ1v) is 7.27. The van der Waals surface area contributed by atoms with Crippen LogP contribution in [-0.4, -0.2) is 12.5 Å². The lowest BCUT2D eigenvalue weighted by molar-refractivity contribution is 0.0990. The van der Waals surface area contributed by atoms with Crippen LogP contribution in [-0.2, 0) is 6.42 Å². The number of benzene rings is 1. The molecule has 1 aromatic carbocycles. The van der Waals surface area contributed by atoms with Gasteiger partial charge >= 0.3 is 0 Å².